The molecule has 3 rings (SSSR count). The van der Waals surface area contributed by atoms with Crippen LogP contribution in [0.15, 0.2) is 45.9 Å². The highest BCUT2D eigenvalue weighted by Crippen LogP contribution is 2.34. The second-order valence-electron chi connectivity index (χ2n) is 6.17. The molecule has 0 aliphatic carbocycles. The van der Waals surface area contributed by atoms with Crippen LogP contribution in [0.5, 0.6) is 5.75 Å². The molecule has 0 bridgehead atoms. The Balaban J connectivity index is 1.71. The number of halogens is 4. The molecule has 1 aliphatic rings. The smallest absolute Gasteiger partial charge is 0.312 e. The lowest BCUT2D eigenvalue weighted by Crippen LogP contribution is -2.51. The number of hydrazone groups is 1. The van der Waals surface area contributed by atoms with Crippen molar-refractivity contribution >= 4 is 17.3 Å². The van der Waals surface area contributed by atoms with Crippen LogP contribution in [-0.2, 0) is 6.61 Å². The van der Waals surface area contributed by atoms with E-state index in [4.69, 9.17) is 9.15 Å². The van der Waals surface area contributed by atoms with Crippen molar-refractivity contribution in [3.63, 3.8) is 0 Å². The van der Waals surface area contributed by atoms with E-state index in [1.807, 2.05) is 0 Å². The average molecular weight is 431 g/mol. The Labute approximate surface area is 165 Å². The maximum Gasteiger partial charge on any atom is 0.312 e. The molecule has 0 saturated carbocycles. The highest BCUT2D eigenvalue weighted by atomic mass is 19.3. The number of carbonyl (C=O) groups excluding carboxylic acids is 1. The zero-order valence-corrected chi connectivity index (χ0v) is 14.9. The van der Waals surface area contributed by atoms with E-state index in [2.05, 4.69) is 5.10 Å². The summed E-state index contributed by atoms with van der Waals surface area (Å²) in [4.78, 5) is 22.4. The monoisotopic (exact) mass is 431 g/mol. The number of carbonyl (C=O) groups is 1. The van der Waals surface area contributed by atoms with Crippen LogP contribution in [0.1, 0.15) is 22.7 Å². The zero-order valence-electron chi connectivity index (χ0n) is 14.9. The number of benzene rings is 1. The molecule has 1 N–H and O–H groups in total. The first kappa shape index (κ1) is 21.2. The third kappa shape index (κ3) is 4.10. The van der Waals surface area contributed by atoms with Gasteiger partial charge in [-0.1, -0.05) is 0 Å². The molecule has 1 aliphatic heterocycles. The van der Waals surface area contributed by atoms with Crippen molar-refractivity contribution in [3.05, 3.63) is 58.0 Å². The standard InChI is InChI=1S/C17H13F4N3O6/c18-14(19)12-7-17(26,16(20)21)23(22-12)15(25)13-6-5-11(30-13)8-29-10-3-1-9(2-4-10)24(27)28/h1-6,14,16,26H,7-8H2. The maximum absolute atomic E-state index is 13.2. The molecular formula is C17H13F4N3O6. The lowest BCUT2D eigenvalue weighted by atomic mass is 10.1. The van der Waals surface area contributed by atoms with Gasteiger partial charge in [0.1, 0.15) is 23.8 Å². The zero-order chi connectivity index (χ0) is 22.1. The maximum atomic E-state index is 13.2. The number of nitro benzene ring substituents is 1. The molecule has 160 valence electrons. The second-order valence-corrected chi connectivity index (χ2v) is 6.17. The van der Waals surface area contributed by atoms with Crippen LogP contribution >= 0.6 is 0 Å². The minimum atomic E-state index is -3.55. The number of rotatable bonds is 7. The minimum Gasteiger partial charge on any atom is -0.486 e. The molecule has 9 nitrogen and oxygen atoms in total. The van der Waals surface area contributed by atoms with Gasteiger partial charge in [-0.05, 0) is 24.3 Å². The van der Waals surface area contributed by atoms with E-state index in [-0.39, 0.29) is 28.8 Å². The Bertz CT molecular complexity index is 978. The molecule has 1 aromatic carbocycles. The van der Waals surface area contributed by atoms with Gasteiger partial charge in [0.15, 0.2) is 5.76 Å². The van der Waals surface area contributed by atoms with Gasteiger partial charge in [-0.3, -0.25) is 14.9 Å². The van der Waals surface area contributed by atoms with Crippen molar-refractivity contribution in [1.29, 1.82) is 0 Å². The van der Waals surface area contributed by atoms with E-state index in [1.165, 1.54) is 30.3 Å². The van der Waals surface area contributed by atoms with Gasteiger partial charge in [-0.15, -0.1) is 0 Å². The Kier molecular flexibility index (Phi) is 5.73. The minimum absolute atomic E-state index is 0.0644. The summed E-state index contributed by atoms with van der Waals surface area (Å²) in [6.45, 7) is -0.226. The number of amides is 1. The summed E-state index contributed by atoms with van der Waals surface area (Å²) in [6, 6.07) is 7.45. The third-order valence-corrected chi connectivity index (χ3v) is 4.13. The van der Waals surface area contributed by atoms with Gasteiger partial charge < -0.3 is 14.3 Å². The van der Waals surface area contributed by atoms with Crippen molar-refractivity contribution in [2.75, 3.05) is 0 Å². The van der Waals surface area contributed by atoms with E-state index in [9.17, 15) is 37.6 Å². The summed E-state index contributed by atoms with van der Waals surface area (Å²) in [7, 11) is 0. The normalized spacial score (nSPS) is 18.8. The predicted molar refractivity (Wildman–Crippen MR) is 91.3 cm³/mol. The highest BCUT2D eigenvalue weighted by molar-refractivity contribution is 5.97. The van der Waals surface area contributed by atoms with Crippen LogP contribution in [0.4, 0.5) is 23.2 Å². The topological polar surface area (TPSA) is 118 Å². The quantitative estimate of drug-likeness (QED) is 0.409. The second kappa shape index (κ2) is 8.10. The summed E-state index contributed by atoms with van der Waals surface area (Å²) in [5.41, 5.74) is -4.42. The number of hydrogen-bond donors (Lipinski definition) is 1. The number of ether oxygens (including phenoxy) is 1. The van der Waals surface area contributed by atoms with Crippen LogP contribution < -0.4 is 4.74 Å². The van der Waals surface area contributed by atoms with Crippen LogP contribution in [0.3, 0.4) is 0 Å². The first-order valence-electron chi connectivity index (χ1n) is 8.28. The Morgan fingerprint density at radius 3 is 2.50 bits per heavy atom. The fraction of sp³-hybridized carbons (Fsp3) is 0.294. The van der Waals surface area contributed by atoms with Crippen LogP contribution in [0.25, 0.3) is 0 Å². The molecule has 1 atom stereocenters. The number of nitro groups is 1. The van der Waals surface area contributed by atoms with Crippen molar-refractivity contribution in [3.8, 4) is 5.75 Å². The van der Waals surface area contributed by atoms with Gasteiger partial charge in [0.2, 0.25) is 5.72 Å². The van der Waals surface area contributed by atoms with E-state index in [0.29, 0.717) is 0 Å². The number of non-ortho nitro benzene ring substituents is 1. The van der Waals surface area contributed by atoms with Crippen molar-refractivity contribution in [1.82, 2.24) is 5.01 Å². The molecule has 13 heteroatoms. The van der Waals surface area contributed by atoms with E-state index < -0.39 is 47.3 Å². The van der Waals surface area contributed by atoms with Gasteiger partial charge >= 0.3 is 5.91 Å². The molecule has 2 heterocycles. The Morgan fingerprint density at radius 2 is 1.93 bits per heavy atom. The van der Waals surface area contributed by atoms with Crippen LogP contribution in [0.2, 0.25) is 0 Å². The molecule has 30 heavy (non-hydrogen) atoms. The van der Waals surface area contributed by atoms with E-state index in [0.717, 1.165) is 6.07 Å². The molecule has 0 saturated heterocycles. The van der Waals surface area contributed by atoms with E-state index >= 15 is 0 Å². The number of aliphatic hydroxyl groups is 1. The van der Waals surface area contributed by atoms with Crippen molar-refractivity contribution in [2.45, 2.75) is 31.6 Å². The van der Waals surface area contributed by atoms with Crippen LogP contribution in [-0.4, -0.2) is 45.2 Å². The number of nitrogens with zero attached hydrogens (tertiary/aromatic N) is 3. The van der Waals surface area contributed by atoms with E-state index in [1.54, 1.807) is 0 Å². The van der Waals surface area contributed by atoms with Crippen molar-refractivity contribution in [2.24, 2.45) is 5.10 Å². The van der Waals surface area contributed by atoms with Gasteiger partial charge in [0.05, 0.1) is 4.92 Å². The molecule has 2 aromatic rings. The summed E-state index contributed by atoms with van der Waals surface area (Å²) in [5, 5.41) is 23.6. The first-order chi connectivity index (χ1) is 14.1. The molecule has 0 spiro atoms. The molecular weight excluding hydrogens is 418 g/mol. The lowest BCUT2D eigenvalue weighted by molar-refractivity contribution is -0.384. The summed E-state index contributed by atoms with van der Waals surface area (Å²) in [6.07, 6.45) is -7.98. The van der Waals surface area contributed by atoms with Gasteiger partial charge in [0.25, 0.3) is 18.5 Å². The van der Waals surface area contributed by atoms with Crippen LogP contribution in [0, 0.1) is 10.1 Å². The molecule has 0 radical (unpaired) electrons. The van der Waals surface area contributed by atoms with Gasteiger partial charge in [0, 0.05) is 18.6 Å². The Hall–Kier alpha value is -3.48. The lowest BCUT2D eigenvalue weighted by Gasteiger charge is -2.29. The summed E-state index contributed by atoms with van der Waals surface area (Å²) in [5.74, 6) is -1.55. The largest absolute Gasteiger partial charge is 0.486 e. The summed E-state index contributed by atoms with van der Waals surface area (Å²) < 4.78 is 62.6. The average Bonchev–Trinajstić information content (AvgIpc) is 3.31. The highest BCUT2D eigenvalue weighted by Gasteiger charge is 2.54. The number of alkyl halides is 4. The summed E-state index contributed by atoms with van der Waals surface area (Å²) >= 11 is 0. The fourth-order valence-electron chi connectivity index (χ4n) is 2.60. The fourth-order valence-corrected chi connectivity index (χ4v) is 2.60. The van der Waals surface area contributed by atoms with Crippen molar-refractivity contribution < 1.29 is 41.5 Å². The molecule has 1 unspecified atom stereocenters. The van der Waals surface area contributed by atoms with Gasteiger partial charge in [-0.2, -0.15) is 10.1 Å². The molecule has 1 aromatic heterocycles. The number of hydrogen-bond acceptors (Lipinski definition) is 7. The Morgan fingerprint density at radius 1 is 1.27 bits per heavy atom. The SMILES string of the molecule is O=C(c1ccc(COc2ccc([N+](=O)[O-])cc2)o1)N1N=C(C(F)F)CC1(O)C(F)F. The number of furan rings is 1. The first-order valence-corrected chi connectivity index (χ1v) is 8.28. The molecule has 0 fully saturated rings. The third-order valence-electron chi connectivity index (χ3n) is 4.13. The predicted octanol–water partition coefficient (Wildman–Crippen LogP) is 3.19. The van der Waals surface area contributed by atoms with Gasteiger partial charge in [-0.25, -0.2) is 17.6 Å². The molecule has 1 amide bonds.